The first-order valence-corrected chi connectivity index (χ1v) is 19.9. The molecule has 350 valence electrons. The summed E-state index contributed by atoms with van der Waals surface area (Å²) in [4.78, 5) is 126. The molecule has 0 spiro atoms. The van der Waals surface area contributed by atoms with E-state index in [1.54, 1.807) is 51.1 Å². The van der Waals surface area contributed by atoms with Crippen LogP contribution in [0.3, 0.4) is 0 Å². The molecule has 0 fully saturated rings. The first kappa shape index (κ1) is 52.8. The van der Waals surface area contributed by atoms with Gasteiger partial charge in [0.05, 0.1) is 13.2 Å². The molecule has 0 saturated carbocycles. The second-order valence-electron chi connectivity index (χ2n) is 15.6. The maximum atomic E-state index is 13.9. The first-order valence-electron chi connectivity index (χ1n) is 19.9. The van der Waals surface area contributed by atoms with Crippen molar-refractivity contribution < 1.29 is 73.1 Å². The maximum Gasteiger partial charge on any atom is 0.408 e. The molecule has 23 heteroatoms. The summed E-state index contributed by atoms with van der Waals surface area (Å²) in [6.45, 7) is 4.08. The molecule has 6 atom stereocenters. The molecule has 0 saturated heterocycles. The van der Waals surface area contributed by atoms with Gasteiger partial charge >= 0.3 is 18.0 Å². The van der Waals surface area contributed by atoms with Crippen LogP contribution >= 0.6 is 0 Å². The summed E-state index contributed by atoms with van der Waals surface area (Å²) in [5, 5.41) is 54.5. The number of phenolic OH excluding ortho intramolecular Hbond substituents is 1. The highest BCUT2D eigenvalue weighted by molar-refractivity contribution is 5.97. The van der Waals surface area contributed by atoms with Crippen LogP contribution in [0.2, 0.25) is 0 Å². The Kier molecular flexibility index (Phi) is 21.1. The third-order valence-corrected chi connectivity index (χ3v) is 9.21. The standard InChI is InChI=1S/C41H56N8O15/c1-22(44-40(63)64-21-24-8-6-5-7-9-24)35(58)43-19-30(52)45-27(15-17-32(55)56)36(59)48-29(20-50)38(61)49-33(41(2,3)4)39(62)47-28(18-23-10-12-25(51)13-11-23)37(60)46-26(34(42)57)14-16-31(53)54/h5-13,22,26-29,33,50-51H,14-21H2,1-4H3,(H2,42,57)(H,43,58)(H,44,63)(H,45,52)(H,46,60)(H,47,62)(H,48,59)(H,49,61)(H,53,54)(H,55,56)/t22-,26-,27-,28-,29-,33+/m0/s1. The number of ether oxygens (including phenoxy) is 1. The maximum absolute atomic E-state index is 13.9. The summed E-state index contributed by atoms with van der Waals surface area (Å²) < 4.78 is 5.07. The van der Waals surface area contributed by atoms with Crippen molar-refractivity contribution in [1.29, 1.82) is 0 Å². The molecule has 8 amide bonds. The van der Waals surface area contributed by atoms with Crippen molar-refractivity contribution in [3.05, 3.63) is 65.7 Å². The number of carbonyl (C=O) groups excluding carboxylic acids is 8. The highest BCUT2D eigenvalue weighted by Crippen LogP contribution is 2.21. The largest absolute Gasteiger partial charge is 0.508 e. The van der Waals surface area contributed by atoms with Crippen molar-refractivity contribution in [3.8, 4) is 5.75 Å². The van der Waals surface area contributed by atoms with Crippen molar-refractivity contribution >= 4 is 59.4 Å². The molecule has 64 heavy (non-hydrogen) atoms. The molecule has 2 aromatic carbocycles. The topological polar surface area (TPSA) is 371 Å². The van der Waals surface area contributed by atoms with Crippen LogP contribution in [-0.4, -0.2) is 129 Å². The highest BCUT2D eigenvalue weighted by Gasteiger charge is 2.38. The quantitative estimate of drug-likeness (QED) is 0.0515. The Morgan fingerprint density at radius 1 is 0.641 bits per heavy atom. The number of amides is 8. The third-order valence-electron chi connectivity index (χ3n) is 9.21. The van der Waals surface area contributed by atoms with E-state index in [1.807, 2.05) is 0 Å². The fourth-order valence-electron chi connectivity index (χ4n) is 5.65. The number of benzene rings is 2. The number of hydrogen-bond donors (Lipinski definition) is 12. The zero-order chi connectivity index (χ0) is 48.1. The minimum Gasteiger partial charge on any atom is -0.508 e. The summed E-state index contributed by atoms with van der Waals surface area (Å²) in [7, 11) is 0. The number of nitrogens with two attached hydrogens (primary N) is 1. The van der Waals surface area contributed by atoms with Crippen molar-refractivity contribution in [2.24, 2.45) is 11.1 Å². The number of hydrogen-bond acceptors (Lipinski definition) is 13. The molecule has 0 aliphatic carbocycles. The average molecular weight is 901 g/mol. The molecule has 2 rings (SSSR count). The molecule has 0 unspecified atom stereocenters. The summed E-state index contributed by atoms with van der Waals surface area (Å²) in [6, 6.07) is 5.27. The molecule has 0 radical (unpaired) electrons. The molecule has 23 nitrogen and oxygen atoms in total. The average Bonchev–Trinajstić information content (AvgIpc) is 3.22. The molecular formula is C41H56N8O15. The van der Waals surface area contributed by atoms with Crippen molar-refractivity contribution in [3.63, 3.8) is 0 Å². The van der Waals surface area contributed by atoms with Crippen LogP contribution in [0.15, 0.2) is 54.6 Å². The summed E-state index contributed by atoms with van der Waals surface area (Å²) in [5.41, 5.74) is 5.38. The van der Waals surface area contributed by atoms with Gasteiger partial charge in [-0.25, -0.2) is 4.79 Å². The predicted octanol–water partition coefficient (Wildman–Crippen LogP) is -1.96. The van der Waals surface area contributed by atoms with Crippen molar-refractivity contribution in [2.45, 2.75) is 103 Å². The van der Waals surface area contributed by atoms with Crippen LogP contribution in [0.1, 0.15) is 64.5 Å². The van der Waals surface area contributed by atoms with Crippen molar-refractivity contribution in [1.82, 2.24) is 37.2 Å². The number of aliphatic carboxylic acids is 2. The van der Waals surface area contributed by atoms with Gasteiger partial charge in [-0.1, -0.05) is 63.2 Å². The number of carboxylic acid groups (broad SMARTS) is 2. The predicted molar refractivity (Wildman–Crippen MR) is 223 cm³/mol. The van der Waals surface area contributed by atoms with Crippen LogP contribution in [0, 0.1) is 5.41 Å². The number of primary amides is 1. The van der Waals surface area contributed by atoms with Gasteiger partial charge in [-0.2, -0.15) is 0 Å². The Morgan fingerprint density at radius 3 is 1.72 bits per heavy atom. The molecule has 0 aliphatic rings. The lowest BCUT2D eigenvalue weighted by Crippen LogP contribution is -2.62. The fraction of sp³-hybridized carbons (Fsp3) is 0.463. The minimum atomic E-state index is -1.79. The van der Waals surface area contributed by atoms with Gasteiger partial charge in [-0.05, 0) is 48.4 Å². The number of phenols is 1. The van der Waals surface area contributed by atoms with E-state index in [-0.39, 0.29) is 25.2 Å². The van der Waals surface area contributed by atoms with E-state index in [2.05, 4.69) is 37.2 Å². The van der Waals surface area contributed by atoms with Gasteiger partial charge in [0.25, 0.3) is 0 Å². The Hall–Kier alpha value is -7.30. The van der Waals surface area contributed by atoms with E-state index in [0.29, 0.717) is 11.1 Å². The Bertz CT molecular complexity index is 1980. The van der Waals surface area contributed by atoms with Gasteiger partial charge in [0, 0.05) is 19.3 Å². The number of carbonyl (C=O) groups is 10. The van der Waals surface area contributed by atoms with E-state index in [1.165, 1.54) is 31.2 Å². The molecule has 0 bridgehead atoms. The lowest BCUT2D eigenvalue weighted by atomic mass is 9.85. The van der Waals surface area contributed by atoms with Gasteiger partial charge < -0.3 is 68.1 Å². The molecule has 13 N–H and O–H groups in total. The van der Waals surface area contributed by atoms with Gasteiger partial charge in [0.1, 0.15) is 48.6 Å². The molecular weight excluding hydrogens is 844 g/mol. The van der Waals surface area contributed by atoms with Crippen molar-refractivity contribution in [2.75, 3.05) is 13.2 Å². The molecule has 2 aromatic rings. The lowest BCUT2D eigenvalue weighted by molar-refractivity contribution is -0.139. The zero-order valence-electron chi connectivity index (χ0n) is 35.7. The third kappa shape index (κ3) is 19.2. The van der Waals surface area contributed by atoms with Crippen LogP contribution in [0.25, 0.3) is 0 Å². The summed E-state index contributed by atoms with van der Waals surface area (Å²) in [5.74, 6) is -9.69. The second kappa shape index (κ2) is 25.6. The van der Waals surface area contributed by atoms with Gasteiger partial charge in [0.15, 0.2) is 0 Å². The Balaban J connectivity index is 2.16. The lowest BCUT2D eigenvalue weighted by Gasteiger charge is -2.33. The van der Waals surface area contributed by atoms with Crippen LogP contribution < -0.4 is 43.0 Å². The number of aromatic hydroxyl groups is 1. The number of rotatable bonds is 25. The summed E-state index contributed by atoms with van der Waals surface area (Å²) in [6.07, 6.45) is -3.18. The molecule has 0 aromatic heterocycles. The number of aliphatic hydroxyl groups excluding tert-OH is 1. The van der Waals surface area contributed by atoms with E-state index in [9.17, 15) is 63.3 Å². The SMILES string of the molecule is C[C@H](NC(=O)OCc1ccccc1)C(=O)NCC(=O)N[C@@H](CCC(=O)O)C(=O)N[C@@H](CO)C(=O)N[C@H](C(=O)N[C@@H](Cc1ccc(O)cc1)C(=O)N[C@@H](CCC(=O)O)C(N)=O)C(C)(C)C. The number of alkyl carbamates (subject to hydrolysis) is 1. The number of carboxylic acids is 2. The van der Waals surface area contributed by atoms with Gasteiger partial charge in [-0.15, -0.1) is 0 Å². The zero-order valence-corrected chi connectivity index (χ0v) is 35.7. The van der Waals surface area contributed by atoms with E-state index >= 15 is 0 Å². The van der Waals surface area contributed by atoms with Crippen LogP contribution in [0.5, 0.6) is 5.75 Å². The van der Waals surface area contributed by atoms with Crippen LogP contribution in [-0.2, 0) is 60.9 Å². The Morgan fingerprint density at radius 2 is 1.17 bits per heavy atom. The number of aliphatic hydroxyl groups is 1. The first-order chi connectivity index (χ1) is 30.0. The van der Waals surface area contributed by atoms with Gasteiger partial charge in [0.2, 0.25) is 41.4 Å². The smallest absolute Gasteiger partial charge is 0.408 e. The molecule has 0 heterocycles. The summed E-state index contributed by atoms with van der Waals surface area (Å²) >= 11 is 0. The fourth-order valence-corrected chi connectivity index (χ4v) is 5.65. The van der Waals surface area contributed by atoms with E-state index in [4.69, 9.17) is 15.6 Å². The van der Waals surface area contributed by atoms with E-state index < -0.39 is 133 Å². The Labute approximate surface area is 367 Å². The van der Waals surface area contributed by atoms with Crippen LogP contribution in [0.4, 0.5) is 4.79 Å². The highest BCUT2D eigenvalue weighted by atomic mass is 16.5. The second-order valence-corrected chi connectivity index (χ2v) is 15.6. The van der Waals surface area contributed by atoms with Gasteiger partial charge in [-0.3, -0.25) is 43.2 Å². The molecule has 0 aliphatic heterocycles. The number of nitrogens with one attached hydrogen (secondary N) is 7. The van der Waals surface area contributed by atoms with E-state index in [0.717, 1.165) is 0 Å². The monoisotopic (exact) mass is 900 g/mol. The normalized spacial score (nSPS) is 13.8. The minimum absolute atomic E-state index is 0.0704.